The molecule has 9 heteroatoms. The van der Waals surface area contributed by atoms with Crippen LogP contribution < -0.4 is 20.5 Å². The molecule has 8 nitrogen and oxygen atoms in total. The smallest absolute Gasteiger partial charge is 0.210 e. The minimum atomic E-state index is -3.52. The normalized spacial score (nSPS) is 16.6. The Morgan fingerprint density at radius 1 is 1.27 bits per heavy atom. The minimum Gasteiger partial charge on any atom is -0.491 e. The molecular formula is C21H37N5O3S. The van der Waals surface area contributed by atoms with Crippen LogP contribution in [0.3, 0.4) is 0 Å². The quantitative estimate of drug-likeness (QED) is 0.293. The topological polar surface area (TPSA) is 109 Å². The third-order valence-corrected chi connectivity index (χ3v) is 5.72. The predicted molar refractivity (Wildman–Crippen MR) is 124 cm³/mol. The molecule has 1 aromatic carbocycles. The van der Waals surface area contributed by atoms with Crippen molar-refractivity contribution in [2.45, 2.75) is 46.1 Å². The Morgan fingerprint density at radius 2 is 1.93 bits per heavy atom. The second kappa shape index (κ2) is 12.1. The third kappa shape index (κ3) is 10.3. The van der Waals surface area contributed by atoms with Crippen LogP contribution in [0.5, 0.6) is 5.75 Å². The number of sulfonamides is 1. The number of aliphatic imine (C=N–C) groups is 1. The average Bonchev–Trinajstić information content (AvgIpc) is 2.66. The molecule has 1 aromatic rings. The molecule has 0 aromatic heterocycles. The number of likely N-dealkylation sites (tertiary alicyclic amines) is 1. The van der Waals surface area contributed by atoms with Gasteiger partial charge in [0.25, 0.3) is 0 Å². The van der Waals surface area contributed by atoms with E-state index in [1.54, 1.807) is 0 Å². The van der Waals surface area contributed by atoms with Crippen LogP contribution in [0.2, 0.25) is 0 Å². The second-order valence-electron chi connectivity index (χ2n) is 8.22. The Morgan fingerprint density at radius 3 is 2.53 bits per heavy atom. The van der Waals surface area contributed by atoms with Gasteiger partial charge in [0.2, 0.25) is 10.0 Å². The van der Waals surface area contributed by atoms with Crippen LogP contribution in [0.15, 0.2) is 29.3 Å². The van der Waals surface area contributed by atoms with E-state index in [2.05, 4.69) is 27.4 Å². The van der Waals surface area contributed by atoms with Gasteiger partial charge in [-0.05, 0) is 82.9 Å². The van der Waals surface area contributed by atoms with Crippen LogP contribution in [-0.2, 0) is 10.0 Å². The lowest BCUT2D eigenvalue weighted by Crippen LogP contribution is -2.36. The fraction of sp³-hybridized carbons (Fsp3) is 0.667. The molecule has 1 heterocycles. The zero-order chi connectivity index (χ0) is 22.0. The van der Waals surface area contributed by atoms with Crippen molar-refractivity contribution in [2.75, 3.05) is 43.8 Å². The van der Waals surface area contributed by atoms with E-state index in [0.29, 0.717) is 12.5 Å². The lowest BCUT2D eigenvalue weighted by Gasteiger charge is -2.29. The first-order chi connectivity index (χ1) is 14.2. The molecule has 2 rings (SSSR count). The lowest BCUT2D eigenvalue weighted by molar-refractivity contribution is 0.192. The molecular weight excluding hydrogens is 402 g/mol. The molecule has 0 bridgehead atoms. The van der Waals surface area contributed by atoms with E-state index in [-0.39, 0.29) is 18.4 Å². The van der Waals surface area contributed by atoms with Gasteiger partial charge in [0.05, 0.1) is 11.9 Å². The van der Waals surface area contributed by atoms with Crippen molar-refractivity contribution in [3.05, 3.63) is 24.3 Å². The van der Waals surface area contributed by atoms with E-state index < -0.39 is 10.0 Å². The number of guanidine groups is 1. The fourth-order valence-electron chi connectivity index (χ4n) is 3.25. The summed E-state index contributed by atoms with van der Waals surface area (Å²) >= 11 is 0. The highest BCUT2D eigenvalue weighted by atomic mass is 32.2. The standard InChI is InChI=1S/C21H37N5O3S/c1-17(2)29-20-7-5-19(6-8-20)25-21(24-12-16-30(22,27)28)23-11-4-13-26-14-9-18(3)10-15-26/h5-8,17-18H,4,9-16H2,1-3H3,(H2,22,27,28)(H2,23,24,25). The molecule has 0 aliphatic carbocycles. The number of nitrogens with one attached hydrogen (secondary N) is 2. The van der Waals surface area contributed by atoms with Crippen molar-refractivity contribution in [2.24, 2.45) is 16.0 Å². The molecule has 1 fully saturated rings. The number of nitrogens with zero attached hydrogens (tertiary/aromatic N) is 2. The predicted octanol–water partition coefficient (Wildman–Crippen LogP) is 2.24. The van der Waals surface area contributed by atoms with Crippen LogP contribution in [0.25, 0.3) is 0 Å². The molecule has 170 valence electrons. The average molecular weight is 440 g/mol. The highest BCUT2D eigenvalue weighted by Crippen LogP contribution is 2.17. The van der Waals surface area contributed by atoms with Crippen molar-refractivity contribution in [1.29, 1.82) is 0 Å². The van der Waals surface area contributed by atoms with E-state index in [1.807, 2.05) is 38.1 Å². The molecule has 0 spiro atoms. The summed E-state index contributed by atoms with van der Waals surface area (Å²) in [5, 5.41) is 11.4. The Bertz CT molecular complexity index is 757. The van der Waals surface area contributed by atoms with Crippen LogP contribution in [0.1, 0.15) is 40.0 Å². The van der Waals surface area contributed by atoms with Gasteiger partial charge < -0.3 is 20.3 Å². The molecule has 4 N–H and O–H groups in total. The molecule has 30 heavy (non-hydrogen) atoms. The first-order valence-corrected chi connectivity index (χ1v) is 12.5. The number of nitrogens with two attached hydrogens (primary N) is 1. The van der Waals surface area contributed by atoms with Crippen molar-refractivity contribution >= 4 is 21.7 Å². The number of anilines is 1. The third-order valence-electron chi connectivity index (χ3n) is 4.95. The Labute approximate surface area is 181 Å². The molecule has 1 aliphatic heterocycles. The van der Waals surface area contributed by atoms with Crippen molar-refractivity contribution < 1.29 is 13.2 Å². The first kappa shape index (κ1) is 24.4. The van der Waals surface area contributed by atoms with Gasteiger partial charge in [-0.15, -0.1) is 0 Å². The van der Waals surface area contributed by atoms with Crippen molar-refractivity contribution in [3.63, 3.8) is 0 Å². The van der Waals surface area contributed by atoms with Gasteiger partial charge in [0, 0.05) is 18.8 Å². The van der Waals surface area contributed by atoms with Gasteiger partial charge in [0.1, 0.15) is 5.75 Å². The van der Waals surface area contributed by atoms with Crippen molar-refractivity contribution in [1.82, 2.24) is 10.2 Å². The molecule has 0 saturated carbocycles. The monoisotopic (exact) mass is 439 g/mol. The summed E-state index contributed by atoms with van der Waals surface area (Å²) in [5.41, 5.74) is 0.845. The van der Waals surface area contributed by atoms with Crippen LogP contribution in [-0.4, -0.2) is 63.9 Å². The molecule has 0 amide bonds. The van der Waals surface area contributed by atoms with E-state index in [4.69, 9.17) is 9.88 Å². The summed E-state index contributed by atoms with van der Waals surface area (Å²) < 4.78 is 28.1. The van der Waals surface area contributed by atoms with Gasteiger partial charge in [0.15, 0.2) is 5.96 Å². The number of ether oxygens (including phenoxy) is 1. The van der Waals surface area contributed by atoms with Crippen LogP contribution in [0.4, 0.5) is 5.69 Å². The minimum absolute atomic E-state index is 0.115. The number of hydrogen-bond donors (Lipinski definition) is 3. The summed E-state index contributed by atoms with van der Waals surface area (Å²) in [6.07, 6.45) is 3.60. The molecule has 0 radical (unpaired) electrons. The van der Waals surface area contributed by atoms with E-state index in [9.17, 15) is 8.42 Å². The molecule has 0 unspecified atom stereocenters. The maximum Gasteiger partial charge on any atom is 0.210 e. The summed E-state index contributed by atoms with van der Waals surface area (Å²) in [7, 11) is -3.52. The summed E-state index contributed by atoms with van der Waals surface area (Å²) in [6.45, 7) is 10.5. The lowest BCUT2D eigenvalue weighted by atomic mass is 9.99. The number of piperidine rings is 1. The van der Waals surface area contributed by atoms with Gasteiger partial charge in [-0.25, -0.2) is 13.6 Å². The number of benzene rings is 1. The fourth-order valence-corrected chi connectivity index (χ4v) is 3.63. The molecule has 1 aliphatic rings. The largest absolute Gasteiger partial charge is 0.491 e. The Kier molecular flexibility index (Phi) is 9.87. The van der Waals surface area contributed by atoms with E-state index in [0.717, 1.165) is 43.4 Å². The van der Waals surface area contributed by atoms with Gasteiger partial charge in [-0.1, -0.05) is 6.92 Å². The van der Waals surface area contributed by atoms with Crippen molar-refractivity contribution in [3.8, 4) is 5.75 Å². The maximum atomic E-state index is 11.2. The van der Waals surface area contributed by atoms with Gasteiger partial charge >= 0.3 is 0 Å². The van der Waals surface area contributed by atoms with Gasteiger partial charge in [-0.3, -0.25) is 4.99 Å². The second-order valence-corrected chi connectivity index (χ2v) is 9.95. The Balaban J connectivity index is 1.89. The zero-order valence-corrected chi connectivity index (χ0v) is 19.2. The zero-order valence-electron chi connectivity index (χ0n) is 18.4. The maximum absolute atomic E-state index is 11.2. The number of rotatable bonds is 10. The molecule has 1 saturated heterocycles. The highest BCUT2D eigenvalue weighted by molar-refractivity contribution is 7.89. The summed E-state index contributed by atoms with van der Waals surface area (Å²) in [6, 6.07) is 7.59. The van der Waals surface area contributed by atoms with Crippen LogP contribution in [0, 0.1) is 5.92 Å². The molecule has 0 atom stereocenters. The number of primary sulfonamides is 1. The van der Waals surface area contributed by atoms with Gasteiger partial charge in [-0.2, -0.15) is 0 Å². The Hall–Kier alpha value is -1.84. The summed E-state index contributed by atoms with van der Waals surface area (Å²) in [4.78, 5) is 7.10. The first-order valence-electron chi connectivity index (χ1n) is 10.8. The highest BCUT2D eigenvalue weighted by Gasteiger charge is 2.14. The number of hydrogen-bond acceptors (Lipinski definition) is 5. The van der Waals surface area contributed by atoms with E-state index in [1.165, 1.54) is 12.8 Å². The summed E-state index contributed by atoms with van der Waals surface area (Å²) in [5.74, 6) is 2.02. The SMILES string of the molecule is CC1CCN(CCCN=C(NCCS(N)(=O)=O)Nc2ccc(OC(C)C)cc2)CC1. The van der Waals surface area contributed by atoms with E-state index >= 15 is 0 Å². The van der Waals surface area contributed by atoms with Crippen LogP contribution >= 0.6 is 0 Å².